The van der Waals surface area contributed by atoms with Crippen molar-refractivity contribution in [2.45, 2.75) is 20.8 Å². The number of hydrogen-bond donors (Lipinski definition) is 1. The molecule has 0 bridgehead atoms. The van der Waals surface area contributed by atoms with Gasteiger partial charge in [-0.1, -0.05) is 19.9 Å². The second kappa shape index (κ2) is 5.30. The molecule has 1 aromatic rings. The number of nitrogen functional groups attached to an aromatic ring is 1. The molecule has 0 aliphatic rings. The van der Waals surface area contributed by atoms with Crippen molar-refractivity contribution >= 4 is 11.5 Å². The Kier molecular flexibility index (Phi) is 4.74. The number of hydrogen-bond acceptors (Lipinski definition) is 2. The molecule has 13 heavy (non-hydrogen) atoms. The minimum absolute atomic E-state index is 0.0208. The molecule has 0 heterocycles. The summed E-state index contributed by atoms with van der Waals surface area (Å²) in [5.41, 5.74) is 5.53. The average molecular weight is 183 g/mol. The van der Waals surface area contributed by atoms with Gasteiger partial charge < -0.3 is 5.73 Å². The Hall–Kier alpha value is -1.38. The fourth-order valence-corrected chi connectivity index (χ4v) is 0.912. The Morgan fingerprint density at radius 3 is 2.23 bits per heavy atom. The number of ketones is 1. The number of carbonyl (C=O) groups is 1. The molecule has 0 aliphatic carbocycles. The lowest BCUT2D eigenvalue weighted by atomic mass is 10.1. The third-order valence-electron chi connectivity index (χ3n) is 1.40. The number of rotatable bonds is 1. The van der Waals surface area contributed by atoms with E-state index in [1.807, 2.05) is 13.8 Å². The molecule has 0 amide bonds. The van der Waals surface area contributed by atoms with Crippen LogP contribution in [0.2, 0.25) is 0 Å². The predicted molar refractivity (Wildman–Crippen MR) is 52.2 cm³/mol. The Morgan fingerprint density at radius 2 is 1.92 bits per heavy atom. The molecule has 1 aromatic carbocycles. The third kappa shape index (κ3) is 2.86. The van der Waals surface area contributed by atoms with Gasteiger partial charge in [0.15, 0.2) is 5.78 Å². The number of halogens is 1. The Bertz CT molecular complexity index is 277. The summed E-state index contributed by atoms with van der Waals surface area (Å²) in [7, 11) is 0. The van der Waals surface area contributed by atoms with E-state index in [9.17, 15) is 9.18 Å². The smallest absolute Gasteiger partial charge is 0.164 e. The lowest BCUT2D eigenvalue weighted by Crippen LogP contribution is -2.02. The SMILES string of the molecule is CC.CC(=O)c1c(N)cccc1F. The first-order chi connectivity index (χ1) is 6.13. The molecule has 0 radical (unpaired) electrons. The summed E-state index contributed by atoms with van der Waals surface area (Å²) in [5.74, 6) is -0.905. The molecule has 0 saturated carbocycles. The molecule has 72 valence electrons. The fraction of sp³-hybridized carbons (Fsp3) is 0.300. The molecule has 0 atom stereocenters. The van der Waals surface area contributed by atoms with Crippen molar-refractivity contribution in [1.82, 2.24) is 0 Å². The first-order valence-electron chi connectivity index (χ1n) is 4.18. The van der Waals surface area contributed by atoms with Gasteiger partial charge in [0, 0.05) is 5.69 Å². The Balaban J connectivity index is 0.000000671. The van der Waals surface area contributed by atoms with Gasteiger partial charge in [0.1, 0.15) is 5.82 Å². The van der Waals surface area contributed by atoms with Gasteiger partial charge in [0.2, 0.25) is 0 Å². The van der Waals surface area contributed by atoms with Crippen LogP contribution in [0, 0.1) is 5.82 Å². The van der Waals surface area contributed by atoms with Gasteiger partial charge in [0.05, 0.1) is 5.56 Å². The van der Waals surface area contributed by atoms with Crippen LogP contribution in [0.5, 0.6) is 0 Å². The molecule has 0 aromatic heterocycles. The van der Waals surface area contributed by atoms with Crippen LogP contribution in [0.15, 0.2) is 18.2 Å². The summed E-state index contributed by atoms with van der Waals surface area (Å²) >= 11 is 0. The monoisotopic (exact) mass is 183 g/mol. The van der Waals surface area contributed by atoms with Crippen LogP contribution in [0.3, 0.4) is 0 Å². The fourth-order valence-electron chi connectivity index (χ4n) is 0.912. The highest BCUT2D eigenvalue weighted by Gasteiger charge is 2.09. The van der Waals surface area contributed by atoms with Gasteiger partial charge in [0.25, 0.3) is 0 Å². The molecule has 0 unspecified atom stereocenters. The lowest BCUT2D eigenvalue weighted by Gasteiger charge is -2.00. The van der Waals surface area contributed by atoms with E-state index in [-0.39, 0.29) is 17.0 Å². The number of nitrogens with two attached hydrogens (primary N) is 1. The summed E-state index contributed by atoms with van der Waals surface area (Å²) in [4.78, 5) is 10.8. The van der Waals surface area contributed by atoms with E-state index in [0.29, 0.717) is 0 Å². The highest BCUT2D eigenvalue weighted by molar-refractivity contribution is 5.99. The quantitative estimate of drug-likeness (QED) is 0.537. The maximum absolute atomic E-state index is 12.8. The van der Waals surface area contributed by atoms with Crippen molar-refractivity contribution in [3.05, 3.63) is 29.6 Å². The maximum atomic E-state index is 12.8. The van der Waals surface area contributed by atoms with Crippen molar-refractivity contribution in [3.63, 3.8) is 0 Å². The predicted octanol–water partition coefficient (Wildman–Crippen LogP) is 2.64. The van der Waals surface area contributed by atoms with E-state index in [1.165, 1.54) is 25.1 Å². The van der Waals surface area contributed by atoms with E-state index in [4.69, 9.17) is 5.73 Å². The van der Waals surface area contributed by atoms with Crippen LogP contribution < -0.4 is 5.73 Å². The highest BCUT2D eigenvalue weighted by atomic mass is 19.1. The van der Waals surface area contributed by atoms with Gasteiger partial charge in [-0.3, -0.25) is 4.79 Å². The summed E-state index contributed by atoms with van der Waals surface area (Å²) in [5, 5.41) is 0. The summed E-state index contributed by atoms with van der Waals surface area (Å²) in [6.07, 6.45) is 0. The first-order valence-corrected chi connectivity index (χ1v) is 4.18. The minimum Gasteiger partial charge on any atom is -0.398 e. The Morgan fingerprint density at radius 1 is 1.38 bits per heavy atom. The van der Waals surface area contributed by atoms with Gasteiger partial charge in [-0.05, 0) is 19.1 Å². The second-order valence-electron chi connectivity index (χ2n) is 2.26. The van der Waals surface area contributed by atoms with Crippen LogP contribution in [-0.4, -0.2) is 5.78 Å². The first kappa shape index (κ1) is 11.6. The van der Waals surface area contributed by atoms with E-state index in [1.54, 1.807) is 0 Å². The minimum atomic E-state index is -0.558. The topological polar surface area (TPSA) is 43.1 Å². The zero-order valence-corrected chi connectivity index (χ0v) is 8.10. The summed E-state index contributed by atoms with van der Waals surface area (Å²) in [6, 6.07) is 4.18. The van der Waals surface area contributed by atoms with Crippen LogP contribution in [0.25, 0.3) is 0 Å². The molecule has 0 saturated heterocycles. The molecule has 0 spiro atoms. The van der Waals surface area contributed by atoms with Crippen molar-refractivity contribution < 1.29 is 9.18 Å². The second-order valence-corrected chi connectivity index (χ2v) is 2.26. The van der Waals surface area contributed by atoms with Crippen molar-refractivity contribution in [2.24, 2.45) is 0 Å². The molecular formula is C10H14FNO. The van der Waals surface area contributed by atoms with Gasteiger partial charge in [-0.15, -0.1) is 0 Å². The van der Waals surface area contributed by atoms with Crippen LogP contribution in [0.1, 0.15) is 31.1 Å². The largest absolute Gasteiger partial charge is 0.398 e. The van der Waals surface area contributed by atoms with Crippen molar-refractivity contribution in [3.8, 4) is 0 Å². The van der Waals surface area contributed by atoms with Crippen molar-refractivity contribution in [2.75, 3.05) is 5.73 Å². The van der Waals surface area contributed by atoms with E-state index in [2.05, 4.69) is 0 Å². The maximum Gasteiger partial charge on any atom is 0.164 e. The van der Waals surface area contributed by atoms with Gasteiger partial charge in [-0.2, -0.15) is 0 Å². The summed E-state index contributed by atoms with van der Waals surface area (Å²) in [6.45, 7) is 5.29. The number of Topliss-reactive ketones (excluding diaryl/α,β-unsaturated/α-hetero) is 1. The zero-order valence-electron chi connectivity index (χ0n) is 8.10. The van der Waals surface area contributed by atoms with E-state index in [0.717, 1.165) is 0 Å². The molecule has 1 rings (SSSR count). The summed E-state index contributed by atoms with van der Waals surface area (Å²) < 4.78 is 12.8. The number of carbonyl (C=O) groups excluding carboxylic acids is 1. The molecule has 2 N–H and O–H groups in total. The lowest BCUT2D eigenvalue weighted by molar-refractivity contribution is 0.101. The number of anilines is 1. The van der Waals surface area contributed by atoms with Gasteiger partial charge in [-0.25, -0.2) is 4.39 Å². The standard InChI is InChI=1S/C8H8FNO.C2H6/c1-5(11)8-6(9)3-2-4-7(8)10;1-2/h2-4H,10H2,1H3;1-2H3. The molecule has 0 aliphatic heterocycles. The van der Waals surface area contributed by atoms with Crippen molar-refractivity contribution in [1.29, 1.82) is 0 Å². The molecule has 3 heteroatoms. The molecular weight excluding hydrogens is 169 g/mol. The van der Waals surface area contributed by atoms with E-state index < -0.39 is 5.82 Å². The Labute approximate surface area is 77.6 Å². The van der Waals surface area contributed by atoms with Crippen LogP contribution in [0.4, 0.5) is 10.1 Å². The van der Waals surface area contributed by atoms with E-state index >= 15 is 0 Å². The van der Waals surface area contributed by atoms with Crippen LogP contribution >= 0.6 is 0 Å². The van der Waals surface area contributed by atoms with Gasteiger partial charge >= 0.3 is 0 Å². The average Bonchev–Trinajstić information content (AvgIpc) is 2.07. The molecule has 2 nitrogen and oxygen atoms in total. The normalized spacial score (nSPS) is 8.62. The number of benzene rings is 1. The highest BCUT2D eigenvalue weighted by Crippen LogP contribution is 2.15. The molecule has 0 fully saturated rings. The third-order valence-corrected chi connectivity index (χ3v) is 1.40. The van der Waals surface area contributed by atoms with Crippen LogP contribution in [-0.2, 0) is 0 Å². The zero-order chi connectivity index (χ0) is 10.4.